The summed E-state index contributed by atoms with van der Waals surface area (Å²) in [6, 6.07) is 17.5. The number of methoxy groups -OCH3 is 1. The first-order valence-corrected chi connectivity index (χ1v) is 11.9. The third-order valence-electron chi connectivity index (χ3n) is 4.87. The van der Waals surface area contributed by atoms with Crippen LogP contribution in [0.2, 0.25) is 10.0 Å². The van der Waals surface area contributed by atoms with Crippen LogP contribution in [0.25, 0.3) is 0 Å². The van der Waals surface area contributed by atoms with E-state index in [2.05, 4.69) is 27.3 Å². The van der Waals surface area contributed by atoms with Gasteiger partial charge in [-0.3, -0.25) is 0 Å². The minimum atomic E-state index is 0.361. The first-order valence-electron chi connectivity index (χ1n) is 10.4. The molecule has 0 fully saturated rings. The molecule has 0 unspecified atom stereocenters. The summed E-state index contributed by atoms with van der Waals surface area (Å²) >= 11 is 15.8. The molecule has 7 heteroatoms. The van der Waals surface area contributed by atoms with E-state index in [0.29, 0.717) is 41.3 Å². The molecule has 0 saturated carbocycles. The molecule has 0 bridgehead atoms. The van der Waals surface area contributed by atoms with Crippen LogP contribution < -0.4 is 19.5 Å². The van der Waals surface area contributed by atoms with Gasteiger partial charge in [-0.2, -0.15) is 0 Å². The van der Waals surface area contributed by atoms with Crippen LogP contribution in [0.3, 0.4) is 0 Å². The Labute approximate surface area is 207 Å². The van der Waals surface area contributed by atoms with Crippen LogP contribution in [-0.4, -0.2) is 20.3 Å². The van der Waals surface area contributed by atoms with Gasteiger partial charge >= 0.3 is 0 Å². The van der Waals surface area contributed by atoms with E-state index >= 15 is 0 Å². The highest BCUT2D eigenvalue weighted by molar-refractivity contribution is 9.10. The van der Waals surface area contributed by atoms with E-state index in [1.807, 2.05) is 43.3 Å². The molecule has 0 radical (unpaired) electrons. The molecule has 0 heterocycles. The molecule has 0 spiro atoms. The molecule has 4 nitrogen and oxygen atoms in total. The van der Waals surface area contributed by atoms with Crippen molar-refractivity contribution in [2.75, 3.05) is 20.3 Å². The Kier molecular flexibility index (Phi) is 9.54. The van der Waals surface area contributed by atoms with Gasteiger partial charge in [0.1, 0.15) is 12.4 Å². The van der Waals surface area contributed by atoms with Gasteiger partial charge in [-0.05, 0) is 66.9 Å². The van der Waals surface area contributed by atoms with Crippen molar-refractivity contribution in [1.82, 2.24) is 5.32 Å². The highest BCUT2D eigenvalue weighted by Crippen LogP contribution is 2.35. The van der Waals surface area contributed by atoms with E-state index in [9.17, 15) is 0 Å². The first kappa shape index (κ1) is 24.7. The third kappa shape index (κ3) is 6.79. The van der Waals surface area contributed by atoms with Crippen LogP contribution in [0.15, 0.2) is 59.1 Å². The summed E-state index contributed by atoms with van der Waals surface area (Å²) in [7, 11) is 1.70. The second-order valence-corrected chi connectivity index (χ2v) is 8.77. The Bertz CT molecular complexity index is 1050. The standard InChI is InChI=1S/C25H26BrCl2NO3/c1-3-31-24-13-19(15-29-11-10-18-6-4-5-7-23(18)30-2)20(26)14-25(24)32-16-17-8-9-21(27)22(28)12-17/h4-9,12-14,29H,3,10-11,15-16H2,1-2H3. The molecule has 0 atom stereocenters. The van der Waals surface area contributed by atoms with Crippen molar-refractivity contribution in [1.29, 1.82) is 0 Å². The number of para-hydroxylation sites is 1. The summed E-state index contributed by atoms with van der Waals surface area (Å²) in [5.41, 5.74) is 3.21. The number of ether oxygens (including phenoxy) is 3. The molecule has 32 heavy (non-hydrogen) atoms. The van der Waals surface area contributed by atoms with Crippen molar-refractivity contribution >= 4 is 39.1 Å². The van der Waals surface area contributed by atoms with Gasteiger partial charge in [0.05, 0.1) is 23.8 Å². The summed E-state index contributed by atoms with van der Waals surface area (Å²) < 4.78 is 18.2. The number of rotatable bonds is 11. The molecule has 0 aliphatic rings. The van der Waals surface area contributed by atoms with E-state index in [1.54, 1.807) is 19.2 Å². The van der Waals surface area contributed by atoms with Crippen LogP contribution in [0.1, 0.15) is 23.6 Å². The summed E-state index contributed by atoms with van der Waals surface area (Å²) in [4.78, 5) is 0. The lowest BCUT2D eigenvalue weighted by atomic mass is 10.1. The lowest BCUT2D eigenvalue weighted by molar-refractivity contribution is 0.269. The van der Waals surface area contributed by atoms with Gasteiger partial charge in [0.2, 0.25) is 0 Å². The van der Waals surface area contributed by atoms with Crippen molar-refractivity contribution in [3.8, 4) is 17.2 Å². The topological polar surface area (TPSA) is 39.7 Å². The highest BCUT2D eigenvalue weighted by atomic mass is 79.9. The van der Waals surface area contributed by atoms with Crippen LogP contribution in [-0.2, 0) is 19.6 Å². The Balaban J connectivity index is 1.63. The van der Waals surface area contributed by atoms with Crippen LogP contribution in [0, 0.1) is 0 Å². The van der Waals surface area contributed by atoms with Crippen molar-refractivity contribution in [3.63, 3.8) is 0 Å². The minimum Gasteiger partial charge on any atom is -0.496 e. The lowest BCUT2D eigenvalue weighted by Gasteiger charge is -2.16. The SMILES string of the molecule is CCOc1cc(CNCCc2ccccc2OC)c(Br)cc1OCc1ccc(Cl)c(Cl)c1. The Morgan fingerprint density at radius 3 is 2.41 bits per heavy atom. The fraction of sp³-hybridized carbons (Fsp3) is 0.280. The molecule has 0 amide bonds. The maximum absolute atomic E-state index is 6.11. The zero-order valence-electron chi connectivity index (χ0n) is 18.1. The van der Waals surface area contributed by atoms with E-state index in [0.717, 1.165) is 34.3 Å². The van der Waals surface area contributed by atoms with E-state index in [-0.39, 0.29) is 0 Å². The molecule has 0 aliphatic heterocycles. The minimum absolute atomic E-state index is 0.361. The Morgan fingerprint density at radius 1 is 0.875 bits per heavy atom. The third-order valence-corrected chi connectivity index (χ3v) is 6.35. The maximum atomic E-state index is 6.11. The van der Waals surface area contributed by atoms with E-state index < -0.39 is 0 Å². The number of hydrogen-bond donors (Lipinski definition) is 1. The highest BCUT2D eigenvalue weighted by Gasteiger charge is 2.12. The Morgan fingerprint density at radius 2 is 1.66 bits per heavy atom. The van der Waals surface area contributed by atoms with Gasteiger partial charge in [-0.25, -0.2) is 0 Å². The number of benzene rings is 3. The predicted octanol–water partition coefficient (Wildman–Crippen LogP) is 7.07. The van der Waals surface area contributed by atoms with Crippen LogP contribution in [0.5, 0.6) is 17.2 Å². The summed E-state index contributed by atoms with van der Waals surface area (Å²) in [5, 5.41) is 4.52. The quantitative estimate of drug-likeness (QED) is 0.265. The molecule has 3 aromatic rings. The molecule has 0 aromatic heterocycles. The van der Waals surface area contributed by atoms with E-state index in [4.69, 9.17) is 37.4 Å². The maximum Gasteiger partial charge on any atom is 0.162 e. The molecular weight excluding hydrogens is 513 g/mol. The normalized spacial score (nSPS) is 10.8. The second-order valence-electron chi connectivity index (χ2n) is 7.10. The van der Waals surface area contributed by atoms with Crippen molar-refractivity contribution in [2.24, 2.45) is 0 Å². The molecule has 3 rings (SSSR count). The van der Waals surface area contributed by atoms with E-state index in [1.165, 1.54) is 5.56 Å². The molecule has 3 aromatic carbocycles. The summed E-state index contributed by atoms with van der Waals surface area (Å²) in [5.74, 6) is 2.29. The van der Waals surface area contributed by atoms with Crippen molar-refractivity contribution in [3.05, 3.63) is 85.8 Å². The second kappa shape index (κ2) is 12.4. The fourth-order valence-electron chi connectivity index (χ4n) is 3.24. The van der Waals surface area contributed by atoms with Gasteiger partial charge in [0.15, 0.2) is 11.5 Å². The average molecular weight is 539 g/mol. The largest absolute Gasteiger partial charge is 0.496 e. The average Bonchev–Trinajstić information content (AvgIpc) is 2.80. The fourth-order valence-corrected chi connectivity index (χ4v) is 4.02. The van der Waals surface area contributed by atoms with Gasteiger partial charge in [0.25, 0.3) is 0 Å². The Hall–Kier alpha value is -1.92. The molecule has 0 saturated heterocycles. The van der Waals surface area contributed by atoms with Crippen molar-refractivity contribution < 1.29 is 14.2 Å². The smallest absolute Gasteiger partial charge is 0.162 e. The molecule has 0 aliphatic carbocycles. The van der Waals surface area contributed by atoms with Gasteiger partial charge in [-0.15, -0.1) is 0 Å². The number of hydrogen-bond acceptors (Lipinski definition) is 4. The zero-order chi connectivity index (χ0) is 22.9. The molecular formula is C25H26BrCl2NO3. The van der Waals surface area contributed by atoms with Gasteiger partial charge < -0.3 is 19.5 Å². The number of halogens is 3. The summed E-state index contributed by atoms with van der Waals surface area (Å²) in [6.45, 7) is 4.39. The predicted molar refractivity (Wildman–Crippen MR) is 135 cm³/mol. The van der Waals surface area contributed by atoms with Crippen LogP contribution in [0.4, 0.5) is 0 Å². The monoisotopic (exact) mass is 537 g/mol. The zero-order valence-corrected chi connectivity index (χ0v) is 21.2. The lowest BCUT2D eigenvalue weighted by Crippen LogP contribution is -2.17. The van der Waals surface area contributed by atoms with Gasteiger partial charge in [-0.1, -0.05) is 63.4 Å². The first-order chi connectivity index (χ1) is 15.5. The van der Waals surface area contributed by atoms with Crippen LogP contribution >= 0.6 is 39.1 Å². The molecule has 1 N–H and O–H groups in total. The van der Waals surface area contributed by atoms with Crippen molar-refractivity contribution in [2.45, 2.75) is 26.5 Å². The molecule has 170 valence electrons. The van der Waals surface area contributed by atoms with Gasteiger partial charge in [0, 0.05) is 11.0 Å². The summed E-state index contributed by atoms with van der Waals surface area (Å²) in [6.07, 6.45) is 0.880. The number of nitrogens with one attached hydrogen (secondary N) is 1.